The van der Waals surface area contributed by atoms with Crippen LogP contribution in [-0.4, -0.2) is 88.0 Å². The number of piperidine rings is 1. The van der Waals surface area contributed by atoms with Crippen LogP contribution in [0.1, 0.15) is 30.9 Å². The molecular formula is C17H28N6O2. The predicted octanol–water partition coefficient (Wildman–Crippen LogP) is 0.0567. The van der Waals surface area contributed by atoms with Gasteiger partial charge in [-0.15, -0.1) is 0 Å². The van der Waals surface area contributed by atoms with Gasteiger partial charge in [0.15, 0.2) is 5.82 Å². The van der Waals surface area contributed by atoms with Gasteiger partial charge in [-0.1, -0.05) is 0 Å². The summed E-state index contributed by atoms with van der Waals surface area (Å²) in [6.07, 6.45) is 3.18. The van der Waals surface area contributed by atoms with Crippen molar-refractivity contribution in [3.8, 4) is 0 Å². The summed E-state index contributed by atoms with van der Waals surface area (Å²) in [6.45, 7) is 4.80. The van der Waals surface area contributed by atoms with Crippen LogP contribution in [0.15, 0.2) is 0 Å². The highest BCUT2D eigenvalue weighted by Gasteiger charge is 2.37. The maximum Gasteiger partial charge on any atom is 0.236 e. The zero-order valence-electron chi connectivity index (χ0n) is 15.4. The van der Waals surface area contributed by atoms with Gasteiger partial charge >= 0.3 is 0 Å². The van der Waals surface area contributed by atoms with Gasteiger partial charge in [0.2, 0.25) is 11.8 Å². The van der Waals surface area contributed by atoms with Crippen LogP contribution in [0.2, 0.25) is 0 Å². The lowest BCUT2D eigenvalue weighted by molar-refractivity contribution is -0.135. The second-order valence-corrected chi connectivity index (χ2v) is 7.46. The number of rotatable bonds is 5. The van der Waals surface area contributed by atoms with Crippen LogP contribution in [0, 0.1) is 12.8 Å². The Morgan fingerprint density at radius 2 is 2.04 bits per heavy atom. The second-order valence-electron chi connectivity index (χ2n) is 7.46. The van der Waals surface area contributed by atoms with Crippen LogP contribution in [0.3, 0.4) is 0 Å². The van der Waals surface area contributed by atoms with E-state index in [1.807, 2.05) is 11.8 Å². The molecule has 2 atom stereocenters. The summed E-state index contributed by atoms with van der Waals surface area (Å²) in [6, 6.07) is 0.218. The van der Waals surface area contributed by atoms with E-state index in [1.54, 1.807) is 19.0 Å². The second kappa shape index (κ2) is 7.51. The first-order valence-corrected chi connectivity index (χ1v) is 9.02. The summed E-state index contributed by atoms with van der Waals surface area (Å²) < 4.78 is 0. The van der Waals surface area contributed by atoms with E-state index in [0.717, 1.165) is 38.3 Å². The average Bonchev–Trinajstić information content (AvgIpc) is 2.79. The molecule has 1 N–H and O–H groups in total. The smallest absolute Gasteiger partial charge is 0.236 e. The van der Waals surface area contributed by atoms with E-state index in [0.29, 0.717) is 31.1 Å². The molecule has 4 rings (SSSR count). The minimum atomic E-state index is 0.124. The lowest BCUT2D eigenvalue weighted by atomic mass is 9.94. The number of aromatic amines is 1. The van der Waals surface area contributed by atoms with Crippen LogP contribution in [-0.2, 0) is 16.0 Å². The summed E-state index contributed by atoms with van der Waals surface area (Å²) in [5.41, 5.74) is 0. The molecule has 3 aliphatic heterocycles. The summed E-state index contributed by atoms with van der Waals surface area (Å²) in [5, 5.41) is 6.92. The average molecular weight is 348 g/mol. The predicted molar refractivity (Wildman–Crippen MR) is 92.8 cm³/mol. The first kappa shape index (κ1) is 17.8. The van der Waals surface area contributed by atoms with Crippen LogP contribution >= 0.6 is 0 Å². The summed E-state index contributed by atoms with van der Waals surface area (Å²) in [7, 11) is 3.57. The SMILES string of the molecule is Cc1nc(CCC(=O)N2C[C@H]3CC[C@@H]2CN(CC(=O)N(C)C)C3)n[nH]1. The lowest BCUT2D eigenvalue weighted by Gasteiger charge is -2.36. The first-order valence-electron chi connectivity index (χ1n) is 9.02. The molecule has 25 heavy (non-hydrogen) atoms. The quantitative estimate of drug-likeness (QED) is 0.813. The van der Waals surface area contributed by atoms with Crippen molar-refractivity contribution in [2.45, 2.75) is 38.6 Å². The largest absolute Gasteiger partial charge is 0.348 e. The monoisotopic (exact) mass is 348 g/mol. The molecule has 0 saturated carbocycles. The number of hydrogen-bond donors (Lipinski definition) is 1. The molecule has 3 fully saturated rings. The Labute approximate surface area is 148 Å². The van der Waals surface area contributed by atoms with E-state index in [2.05, 4.69) is 20.1 Å². The summed E-state index contributed by atoms with van der Waals surface area (Å²) >= 11 is 0. The highest BCUT2D eigenvalue weighted by Crippen LogP contribution is 2.28. The molecule has 0 radical (unpaired) electrons. The zero-order valence-corrected chi connectivity index (χ0v) is 15.4. The minimum absolute atomic E-state index is 0.124. The van der Waals surface area contributed by atoms with Gasteiger partial charge in [-0.05, 0) is 25.7 Å². The Balaban J connectivity index is 1.58. The van der Waals surface area contributed by atoms with E-state index in [4.69, 9.17) is 0 Å². The van der Waals surface area contributed by atoms with E-state index in [9.17, 15) is 9.59 Å². The molecule has 0 unspecified atom stereocenters. The van der Waals surface area contributed by atoms with Crippen molar-refractivity contribution < 1.29 is 9.59 Å². The van der Waals surface area contributed by atoms with Crippen LogP contribution in [0.5, 0.6) is 0 Å². The molecule has 4 heterocycles. The number of nitrogens with one attached hydrogen (secondary N) is 1. The normalized spacial score (nSPS) is 23.6. The number of amides is 2. The van der Waals surface area contributed by atoms with Gasteiger partial charge in [-0.2, -0.15) is 5.10 Å². The number of aromatic nitrogens is 3. The van der Waals surface area contributed by atoms with E-state index < -0.39 is 0 Å². The Hall–Kier alpha value is -1.96. The molecule has 1 aromatic heterocycles. The molecule has 3 aliphatic rings. The Morgan fingerprint density at radius 1 is 1.24 bits per heavy atom. The third kappa shape index (κ3) is 4.36. The third-order valence-corrected chi connectivity index (χ3v) is 5.17. The summed E-state index contributed by atoms with van der Waals surface area (Å²) in [4.78, 5) is 34.9. The maximum atomic E-state index is 12.7. The first-order chi connectivity index (χ1) is 11.9. The molecule has 0 aromatic carbocycles. The molecule has 2 amide bonds. The lowest BCUT2D eigenvalue weighted by Crippen LogP contribution is -2.48. The Kier molecular flexibility index (Phi) is 5.36. The Morgan fingerprint density at radius 3 is 2.72 bits per heavy atom. The van der Waals surface area contributed by atoms with Crippen LogP contribution in [0.25, 0.3) is 0 Å². The number of carbonyl (C=O) groups is 2. The third-order valence-electron chi connectivity index (χ3n) is 5.17. The zero-order chi connectivity index (χ0) is 18.0. The van der Waals surface area contributed by atoms with Crippen molar-refractivity contribution in [3.05, 3.63) is 11.6 Å². The molecular weight excluding hydrogens is 320 g/mol. The van der Waals surface area contributed by atoms with Crippen molar-refractivity contribution in [1.29, 1.82) is 0 Å². The summed E-state index contributed by atoms with van der Waals surface area (Å²) in [5.74, 6) is 2.24. The highest BCUT2D eigenvalue weighted by molar-refractivity contribution is 5.78. The van der Waals surface area contributed by atoms with Gasteiger partial charge in [0.1, 0.15) is 5.82 Å². The topological polar surface area (TPSA) is 85.4 Å². The van der Waals surface area contributed by atoms with E-state index in [1.165, 1.54) is 0 Å². The molecule has 8 heteroatoms. The fourth-order valence-electron chi connectivity index (χ4n) is 3.81. The highest BCUT2D eigenvalue weighted by atomic mass is 16.2. The van der Waals surface area contributed by atoms with Crippen molar-refractivity contribution in [1.82, 2.24) is 29.9 Å². The van der Waals surface area contributed by atoms with Gasteiger partial charge in [-0.3, -0.25) is 19.6 Å². The van der Waals surface area contributed by atoms with Crippen LogP contribution in [0.4, 0.5) is 0 Å². The van der Waals surface area contributed by atoms with Crippen molar-refractivity contribution in [2.24, 2.45) is 5.92 Å². The van der Waals surface area contributed by atoms with Crippen molar-refractivity contribution in [3.63, 3.8) is 0 Å². The Bertz CT molecular complexity index is 628. The van der Waals surface area contributed by atoms with Crippen molar-refractivity contribution in [2.75, 3.05) is 40.3 Å². The van der Waals surface area contributed by atoms with E-state index >= 15 is 0 Å². The number of H-pyrrole nitrogens is 1. The fraction of sp³-hybridized carbons (Fsp3) is 0.765. The number of nitrogens with zero attached hydrogens (tertiary/aromatic N) is 5. The van der Waals surface area contributed by atoms with Gasteiger partial charge < -0.3 is 9.80 Å². The minimum Gasteiger partial charge on any atom is -0.348 e. The number of aryl methyl sites for hydroxylation is 2. The molecule has 138 valence electrons. The van der Waals surface area contributed by atoms with Crippen molar-refractivity contribution >= 4 is 11.8 Å². The molecule has 0 aliphatic carbocycles. The van der Waals surface area contributed by atoms with Gasteiger partial charge in [0, 0.05) is 52.6 Å². The molecule has 2 bridgehead atoms. The van der Waals surface area contributed by atoms with Gasteiger partial charge in [0.25, 0.3) is 0 Å². The number of hydrogen-bond acceptors (Lipinski definition) is 5. The molecule has 0 spiro atoms. The standard InChI is InChI=1S/C17H28N6O2/c1-12-18-15(20-19-12)6-7-16(24)23-9-13-4-5-14(23)10-22(8-13)11-17(25)21(2)3/h13-14H,4-11H2,1-3H3,(H,18,19,20)/t13-,14+/m0/s1. The van der Waals surface area contributed by atoms with Crippen LogP contribution < -0.4 is 0 Å². The molecule has 8 nitrogen and oxygen atoms in total. The van der Waals surface area contributed by atoms with Gasteiger partial charge in [0.05, 0.1) is 6.54 Å². The number of fused-ring (bicyclic) bond motifs is 4. The molecule has 3 saturated heterocycles. The maximum absolute atomic E-state index is 12.7. The number of likely N-dealkylation sites (N-methyl/N-ethyl adjacent to an activating group) is 1. The van der Waals surface area contributed by atoms with Gasteiger partial charge in [-0.25, -0.2) is 4.98 Å². The number of carbonyl (C=O) groups excluding carboxylic acids is 2. The molecule has 1 aromatic rings. The van der Waals surface area contributed by atoms with E-state index in [-0.39, 0.29) is 17.9 Å². The fourth-order valence-corrected chi connectivity index (χ4v) is 3.81.